The molecule has 1 aliphatic heterocycles. The minimum atomic E-state index is -0.253. The minimum Gasteiger partial charge on any atom is -0.497 e. The largest absolute Gasteiger partial charge is 0.497 e. The van der Waals surface area contributed by atoms with Crippen molar-refractivity contribution in [2.45, 2.75) is 63.5 Å². The quantitative estimate of drug-likeness (QED) is 0.676. The van der Waals surface area contributed by atoms with Crippen LogP contribution in [0.2, 0.25) is 0 Å². The van der Waals surface area contributed by atoms with Gasteiger partial charge in [-0.15, -0.1) is 5.10 Å². The number of ether oxygens (including phenoxy) is 1. The number of nitrogens with zero attached hydrogens (tertiary/aromatic N) is 5. The van der Waals surface area contributed by atoms with Gasteiger partial charge in [-0.2, -0.15) is 0 Å². The highest BCUT2D eigenvalue weighted by Gasteiger charge is 2.33. The number of nitrogens with one attached hydrogen (secondary N) is 1. The zero-order valence-electron chi connectivity index (χ0n) is 18.1. The van der Waals surface area contributed by atoms with Crippen LogP contribution < -0.4 is 10.3 Å². The summed E-state index contributed by atoms with van der Waals surface area (Å²) in [7, 11) is 1.66. The van der Waals surface area contributed by atoms with Crippen LogP contribution >= 0.6 is 0 Å². The molecule has 0 spiro atoms. The zero-order valence-corrected chi connectivity index (χ0v) is 18.1. The van der Waals surface area contributed by atoms with Gasteiger partial charge in [0, 0.05) is 16.5 Å². The Morgan fingerprint density at radius 2 is 1.84 bits per heavy atom. The highest BCUT2D eigenvalue weighted by atomic mass is 16.5. The van der Waals surface area contributed by atoms with E-state index >= 15 is 0 Å². The molecule has 1 aliphatic carbocycles. The first-order valence-electron chi connectivity index (χ1n) is 11.5. The molecule has 5 rings (SSSR count). The van der Waals surface area contributed by atoms with E-state index in [1.807, 2.05) is 28.9 Å². The van der Waals surface area contributed by atoms with Crippen molar-refractivity contribution < 1.29 is 4.74 Å². The van der Waals surface area contributed by atoms with Crippen molar-refractivity contribution in [3.63, 3.8) is 0 Å². The minimum absolute atomic E-state index is 0.0774. The second-order valence-corrected chi connectivity index (χ2v) is 8.78. The third kappa shape index (κ3) is 3.96. The molecule has 1 aromatic carbocycles. The fourth-order valence-corrected chi connectivity index (χ4v) is 5.17. The molecule has 1 saturated carbocycles. The lowest BCUT2D eigenvalue weighted by molar-refractivity contribution is 0.171. The summed E-state index contributed by atoms with van der Waals surface area (Å²) in [6.07, 6.45) is 9.34. The summed E-state index contributed by atoms with van der Waals surface area (Å²) in [4.78, 5) is 18.7. The second kappa shape index (κ2) is 8.78. The third-order valence-electron chi connectivity index (χ3n) is 6.81. The van der Waals surface area contributed by atoms with Crippen LogP contribution in [0.15, 0.2) is 29.1 Å². The topological polar surface area (TPSA) is 88.9 Å². The van der Waals surface area contributed by atoms with Gasteiger partial charge in [0.2, 0.25) is 0 Å². The maximum Gasteiger partial charge on any atom is 0.253 e. The number of piperidine rings is 1. The van der Waals surface area contributed by atoms with Crippen LogP contribution in [0.3, 0.4) is 0 Å². The number of aromatic nitrogens is 5. The highest BCUT2D eigenvalue weighted by molar-refractivity contribution is 5.80. The summed E-state index contributed by atoms with van der Waals surface area (Å²) in [5.41, 5.74) is 1.43. The van der Waals surface area contributed by atoms with Gasteiger partial charge >= 0.3 is 0 Å². The molecule has 31 heavy (non-hydrogen) atoms. The molecule has 3 aromatic rings. The number of likely N-dealkylation sites (tertiary alicyclic amines) is 1. The van der Waals surface area contributed by atoms with E-state index in [0.717, 1.165) is 61.2 Å². The normalized spacial score (nSPS) is 19.5. The van der Waals surface area contributed by atoms with Gasteiger partial charge in [-0.25, -0.2) is 4.68 Å². The lowest BCUT2D eigenvalue weighted by Crippen LogP contribution is -2.39. The Balaban J connectivity index is 1.63. The first kappa shape index (κ1) is 20.2. The van der Waals surface area contributed by atoms with E-state index in [4.69, 9.17) is 4.74 Å². The molecule has 164 valence electrons. The molecule has 0 bridgehead atoms. The van der Waals surface area contributed by atoms with Crippen LogP contribution in [0.4, 0.5) is 0 Å². The average molecular weight is 423 g/mol. The Hall–Kier alpha value is -2.74. The van der Waals surface area contributed by atoms with Crippen molar-refractivity contribution in [2.24, 2.45) is 0 Å². The predicted molar refractivity (Wildman–Crippen MR) is 118 cm³/mol. The van der Waals surface area contributed by atoms with Gasteiger partial charge in [0.1, 0.15) is 11.8 Å². The van der Waals surface area contributed by atoms with Gasteiger partial charge in [0.15, 0.2) is 5.82 Å². The molecule has 1 saturated heterocycles. The van der Waals surface area contributed by atoms with Gasteiger partial charge in [-0.05, 0) is 73.5 Å². The Morgan fingerprint density at radius 3 is 2.61 bits per heavy atom. The molecule has 2 fully saturated rings. The molecule has 1 atom stereocenters. The van der Waals surface area contributed by atoms with Crippen LogP contribution in [-0.4, -0.2) is 50.3 Å². The molecular weight excluding hydrogens is 392 g/mol. The Labute approximate surface area is 181 Å². The summed E-state index contributed by atoms with van der Waals surface area (Å²) in [5, 5.41) is 13.9. The maximum atomic E-state index is 13.3. The number of tetrazole rings is 1. The molecule has 1 N–H and O–H groups in total. The average Bonchev–Trinajstić information content (AvgIpc) is 3.30. The highest BCUT2D eigenvalue weighted by Crippen LogP contribution is 2.34. The molecule has 2 aliphatic rings. The Bertz CT molecular complexity index is 1090. The first-order chi connectivity index (χ1) is 15.2. The number of rotatable bonds is 5. The van der Waals surface area contributed by atoms with Crippen LogP contribution in [0, 0.1) is 0 Å². The van der Waals surface area contributed by atoms with Crippen molar-refractivity contribution in [1.82, 2.24) is 30.1 Å². The standard InChI is InChI=1S/C23H30N6O2/c1-31-18-10-11-20-16(14-18)15-19(23(30)24-20)21(28-12-6-3-7-13-28)22-25-26-27-29(22)17-8-4-2-5-9-17/h10-11,14-15,17,21H,2-9,12-13H2,1H3,(H,24,30)/t21-/m0/s1. The van der Waals surface area contributed by atoms with Crippen molar-refractivity contribution in [2.75, 3.05) is 20.2 Å². The molecule has 2 aromatic heterocycles. The van der Waals surface area contributed by atoms with Crippen LogP contribution in [-0.2, 0) is 0 Å². The summed E-state index contributed by atoms with van der Waals surface area (Å²) in [6.45, 7) is 1.88. The summed E-state index contributed by atoms with van der Waals surface area (Å²) >= 11 is 0. The molecular formula is C23H30N6O2. The number of methoxy groups -OCH3 is 1. The van der Waals surface area contributed by atoms with E-state index in [1.54, 1.807) is 7.11 Å². The summed E-state index contributed by atoms with van der Waals surface area (Å²) in [6, 6.07) is 7.77. The molecule has 3 heterocycles. The first-order valence-corrected chi connectivity index (χ1v) is 11.5. The van der Waals surface area contributed by atoms with Gasteiger partial charge in [0.25, 0.3) is 5.56 Å². The second-order valence-electron chi connectivity index (χ2n) is 8.78. The molecule has 0 unspecified atom stereocenters. The number of H-pyrrole nitrogens is 1. The number of pyridine rings is 1. The van der Waals surface area contributed by atoms with Crippen LogP contribution in [0.25, 0.3) is 10.9 Å². The number of hydrogen-bond donors (Lipinski definition) is 1. The van der Waals surface area contributed by atoms with Gasteiger partial charge in [-0.1, -0.05) is 25.7 Å². The van der Waals surface area contributed by atoms with E-state index in [1.165, 1.54) is 25.7 Å². The monoisotopic (exact) mass is 422 g/mol. The van der Waals surface area contributed by atoms with Gasteiger partial charge < -0.3 is 9.72 Å². The van der Waals surface area contributed by atoms with Crippen molar-refractivity contribution in [3.05, 3.63) is 46.0 Å². The maximum absolute atomic E-state index is 13.3. The van der Waals surface area contributed by atoms with Crippen molar-refractivity contribution >= 4 is 10.9 Å². The molecule has 8 heteroatoms. The van der Waals surface area contributed by atoms with E-state index in [9.17, 15) is 4.79 Å². The number of fused-ring (bicyclic) bond motifs is 1. The van der Waals surface area contributed by atoms with Crippen LogP contribution in [0.5, 0.6) is 5.75 Å². The van der Waals surface area contributed by atoms with E-state index in [-0.39, 0.29) is 11.6 Å². The lowest BCUT2D eigenvalue weighted by atomic mass is 9.94. The third-order valence-corrected chi connectivity index (χ3v) is 6.81. The van der Waals surface area contributed by atoms with Crippen LogP contribution in [0.1, 0.15) is 74.8 Å². The number of benzene rings is 1. The Kier molecular flexibility index (Phi) is 5.72. The number of aromatic amines is 1. The smallest absolute Gasteiger partial charge is 0.253 e. The fourth-order valence-electron chi connectivity index (χ4n) is 5.17. The molecule has 8 nitrogen and oxygen atoms in total. The van der Waals surface area contributed by atoms with Gasteiger partial charge in [-0.3, -0.25) is 9.69 Å². The van der Waals surface area contributed by atoms with Crippen molar-refractivity contribution in [1.29, 1.82) is 0 Å². The van der Waals surface area contributed by atoms with Gasteiger partial charge in [0.05, 0.1) is 13.2 Å². The fraction of sp³-hybridized carbons (Fsp3) is 0.565. The Morgan fingerprint density at radius 1 is 1.06 bits per heavy atom. The number of hydrogen-bond acceptors (Lipinski definition) is 6. The lowest BCUT2D eigenvalue weighted by Gasteiger charge is -2.34. The van der Waals surface area contributed by atoms with Crippen molar-refractivity contribution in [3.8, 4) is 5.75 Å². The van der Waals surface area contributed by atoms with E-state index < -0.39 is 0 Å². The summed E-state index contributed by atoms with van der Waals surface area (Å²) < 4.78 is 7.41. The predicted octanol–water partition coefficient (Wildman–Crippen LogP) is 3.60. The molecule has 0 radical (unpaired) electrons. The summed E-state index contributed by atoms with van der Waals surface area (Å²) in [5.74, 6) is 1.56. The van der Waals surface area contributed by atoms with E-state index in [2.05, 4.69) is 25.4 Å². The zero-order chi connectivity index (χ0) is 21.2. The SMILES string of the molecule is COc1ccc2[nH]c(=O)c([C@@H](c3nnnn3C3CCCCC3)N3CCCCC3)cc2c1. The molecule has 0 amide bonds. The van der Waals surface area contributed by atoms with E-state index in [0.29, 0.717) is 11.6 Å².